The highest BCUT2D eigenvalue weighted by atomic mass is 19.1. The molecule has 4 aromatic rings. The Bertz CT molecular complexity index is 1780. The van der Waals surface area contributed by atoms with Crippen LogP contribution in [0.3, 0.4) is 0 Å². The highest BCUT2D eigenvalue weighted by Gasteiger charge is 2.58. The van der Waals surface area contributed by atoms with Crippen molar-refractivity contribution in [3.8, 4) is 5.75 Å². The lowest BCUT2D eigenvalue weighted by Gasteiger charge is -2.47. The molecule has 2 N–H and O–H groups in total. The molecule has 0 bridgehead atoms. The van der Waals surface area contributed by atoms with E-state index in [2.05, 4.69) is 20.3 Å². The number of ether oxygens (including phenoxy) is 2. The van der Waals surface area contributed by atoms with Gasteiger partial charge in [0.15, 0.2) is 6.29 Å². The molecule has 4 heterocycles. The Hall–Kier alpha value is -4.47. The predicted molar refractivity (Wildman–Crippen MR) is 181 cm³/mol. The number of amides is 2. The Balaban J connectivity index is 1.38. The van der Waals surface area contributed by atoms with Crippen molar-refractivity contribution in [2.24, 2.45) is 0 Å². The van der Waals surface area contributed by atoms with E-state index in [-0.39, 0.29) is 37.2 Å². The molecule has 4 unspecified atom stereocenters. The maximum absolute atomic E-state index is 15.7. The number of hydrazine groups is 1. The summed E-state index contributed by atoms with van der Waals surface area (Å²) in [5, 5.41) is 22.5. The molecular weight excluding hydrogens is 646 g/mol. The number of carbonyl (C=O) groups is 1. The fourth-order valence-corrected chi connectivity index (χ4v) is 7.59. The average Bonchev–Trinajstić information content (AvgIpc) is 3.86. The van der Waals surface area contributed by atoms with Crippen LogP contribution in [0.1, 0.15) is 37.4 Å². The first-order valence-electron chi connectivity index (χ1n) is 16.9. The van der Waals surface area contributed by atoms with Crippen LogP contribution in [0, 0.1) is 11.6 Å². The van der Waals surface area contributed by atoms with Gasteiger partial charge in [0.2, 0.25) is 0 Å². The van der Waals surface area contributed by atoms with E-state index < -0.39 is 41.7 Å². The summed E-state index contributed by atoms with van der Waals surface area (Å²) in [6, 6.07) is 19.2. The lowest BCUT2D eigenvalue weighted by atomic mass is 9.88. The summed E-state index contributed by atoms with van der Waals surface area (Å²) in [6.07, 6.45) is 1.57. The average molecular weight is 689 g/mol. The van der Waals surface area contributed by atoms with Crippen molar-refractivity contribution in [3.05, 3.63) is 108 Å². The molecule has 7 rings (SSSR count). The Labute approximate surface area is 289 Å². The number of benzene rings is 3. The first-order valence-corrected chi connectivity index (χ1v) is 16.9. The molecule has 2 amide bonds. The number of urea groups is 1. The van der Waals surface area contributed by atoms with Crippen molar-refractivity contribution < 1.29 is 28.2 Å². The molecule has 3 aliphatic rings. The SMILES string of the molecule is COc1ccccc1C1CNCCN1C1N(c2ccccc2)C(=O)N([C@@H](C)[C@@H](C)O)N1C1COC(Cn2cncn2)(c2ccc(F)cc2F)C1. The summed E-state index contributed by atoms with van der Waals surface area (Å²) in [6.45, 7) is 5.50. The molecule has 6 atom stereocenters. The molecule has 12 nitrogen and oxygen atoms in total. The number of halogens is 2. The second-order valence-corrected chi connectivity index (χ2v) is 13.1. The molecule has 3 aliphatic heterocycles. The number of carbonyl (C=O) groups excluding carboxylic acids is 1. The number of aliphatic hydroxyl groups excluding tert-OH is 1. The zero-order valence-electron chi connectivity index (χ0n) is 28.3. The number of para-hydroxylation sites is 2. The molecule has 1 aromatic heterocycles. The second kappa shape index (κ2) is 14.0. The van der Waals surface area contributed by atoms with Crippen LogP contribution in [0.4, 0.5) is 19.3 Å². The number of aliphatic hydroxyl groups is 1. The molecule has 264 valence electrons. The van der Waals surface area contributed by atoms with Crippen molar-refractivity contribution in [1.82, 2.24) is 35.0 Å². The molecule has 0 saturated carbocycles. The van der Waals surface area contributed by atoms with Crippen LogP contribution in [-0.2, 0) is 16.9 Å². The fourth-order valence-electron chi connectivity index (χ4n) is 7.59. The first kappa shape index (κ1) is 34.0. The molecular formula is C36H42F2N8O4. The zero-order chi connectivity index (χ0) is 35.0. The minimum Gasteiger partial charge on any atom is -0.496 e. The van der Waals surface area contributed by atoms with Crippen molar-refractivity contribution in [3.63, 3.8) is 0 Å². The summed E-state index contributed by atoms with van der Waals surface area (Å²) in [5.41, 5.74) is 0.543. The summed E-state index contributed by atoms with van der Waals surface area (Å²) in [7, 11) is 1.65. The van der Waals surface area contributed by atoms with E-state index in [1.807, 2.05) is 66.5 Å². The number of aromatic nitrogens is 3. The van der Waals surface area contributed by atoms with Gasteiger partial charge in [-0.3, -0.25) is 9.80 Å². The highest BCUT2D eigenvalue weighted by molar-refractivity contribution is 5.94. The predicted octanol–water partition coefficient (Wildman–Crippen LogP) is 4.11. The van der Waals surface area contributed by atoms with E-state index in [1.54, 1.807) is 28.6 Å². The van der Waals surface area contributed by atoms with Crippen LogP contribution in [0.15, 0.2) is 85.5 Å². The van der Waals surface area contributed by atoms with E-state index >= 15 is 4.39 Å². The van der Waals surface area contributed by atoms with E-state index in [0.29, 0.717) is 25.3 Å². The van der Waals surface area contributed by atoms with E-state index in [9.17, 15) is 14.3 Å². The number of piperazine rings is 1. The molecule has 0 spiro atoms. The Morgan fingerprint density at radius 3 is 2.60 bits per heavy atom. The number of hydrogen-bond donors (Lipinski definition) is 2. The third-order valence-corrected chi connectivity index (χ3v) is 10.1. The van der Waals surface area contributed by atoms with Gasteiger partial charge < -0.3 is 19.9 Å². The van der Waals surface area contributed by atoms with Gasteiger partial charge in [-0.25, -0.2) is 28.3 Å². The molecule has 0 radical (unpaired) electrons. The largest absolute Gasteiger partial charge is 0.496 e. The smallest absolute Gasteiger partial charge is 0.341 e. The van der Waals surface area contributed by atoms with E-state index in [4.69, 9.17) is 9.47 Å². The van der Waals surface area contributed by atoms with Gasteiger partial charge in [0.1, 0.15) is 35.6 Å². The van der Waals surface area contributed by atoms with Gasteiger partial charge in [-0.1, -0.05) is 42.5 Å². The number of anilines is 1. The van der Waals surface area contributed by atoms with Gasteiger partial charge in [-0.2, -0.15) is 10.1 Å². The highest BCUT2D eigenvalue weighted by Crippen LogP contribution is 2.46. The lowest BCUT2D eigenvalue weighted by molar-refractivity contribution is -0.122. The minimum absolute atomic E-state index is 0.102. The maximum Gasteiger partial charge on any atom is 0.341 e. The molecule has 3 fully saturated rings. The van der Waals surface area contributed by atoms with Crippen molar-refractivity contribution >= 4 is 11.7 Å². The van der Waals surface area contributed by atoms with Crippen LogP contribution >= 0.6 is 0 Å². The van der Waals surface area contributed by atoms with Gasteiger partial charge in [-0.05, 0) is 38.1 Å². The molecule has 0 aliphatic carbocycles. The summed E-state index contributed by atoms with van der Waals surface area (Å²) in [5.74, 6) is -0.706. The van der Waals surface area contributed by atoms with Gasteiger partial charge in [0, 0.05) is 48.9 Å². The number of hydrogen-bond acceptors (Lipinski definition) is 9. The van der Waals surface area contributed by atoms with Crippen LogP contribution in [0.25, 0.3) is 0 Å². The van der Waals surface area contributed by atoms with Crippen LogP contribution in [0.5, 0.6) is 5.75 Å². The van der Waals surface area contributed by atoms with Crippen LogP contribution in [-0.4, -0.2) is 98.6 Å². The standard InChI is InChI=1S/C36H42F2N8O4/c1-24(25(2)47)45-35(48)44(27-9-5-4-6-10-27)34(43-16-15-39-19-32(43)29-11-7-8-12-33(29)49-3)46(45)28-18-36(50-20-28,21-42-23-40-22-41-42)30-14-13-26(37)17-31(30)38/h4-14,17,22-25,28,32,34,39,47H,15-16,18-21H2,1-3H3/t24-,25+,28?,32?,34?,36?/m0/s1. The molecule has 3 saturated heterocycles. The van der Waals surface area contributed by atoms with Gasteiger partial charge in [-0.15, -0.1) is 0 Å². The van der Waals surface area contributed by atoms with Crippen LogP contribution < -0.4 is 15.0 Å². The first-order chi connectivity index (χ1) is 24.2. The zero-order valence-corrected chi connectivity index (χ0v) is 28.3. The Morgan fingerprint density at radius 1 is 1.10 bits per heavy atom. The van der Waals surface area contributed by atoms with Gasteiger partial charge in [0.05, 0.1) is 44.5 Å². The van der Waals surface area contributed by atoms with Gasteiger partial charge >= 0.3 is 6.03 Å². The number of rotatable bonds is 10. The van der Waals surface area contributed by atoms with Gasteiger partial charge in [0.25, 0.3) is 0 Å². The van der Waals surface area contributed by atoms with Crippen molar-refractivity contribution in [1.29, 1.82) is 0 Å². The lowest BCUT2D eigenvalue weighted by Crippen LogP contribution is -2.63. The fraction of sp³-hybridized carbons (Fsp3) is 0.417. The third kappa shape index (κ3) is 6.11. The number of methoxy groups -OCH3 is 1. The summed E-state index contributed by atoms with van der Waals surface area (Å²) >= 11 is 0. The second-order valence-electron chi connectivity index (χ2n) is 13.1. The van der Waals surface area contributed by atoms with E-state index in [1.165, 1.54) is 24.8 Å². The third-order valence-electron chi connectivity index (χ3n) is 10.1. The monoisotopic (exact) mass is 688 g/mol. The maximum atomic E-state index is 15.7. The molecule has 3 aromatic carbocycles. The van der Waals surface area contributed by atoms with E-state index in [0.717, 1.165) is 17.4 Å². The number of nitrogens with one attached hydrogen (secondary N) is 1. The molecule has 50 heavy (non-hydrogen) atoms. The summed E-state index contributed by atoms with van der Waals surface area (Å²) in [4.78, 5) is 23.0. The Morgan fingerprint density at radius 2 is 1.88 bits per heavy atom. The quantitative estimate of drug-likeness (QED) is 0.255. The van der Waals surface area contributed by atoms with Crippen molar-refractivity contribution in [2.45, 2.75) is 62.9 Å². The summed E-state index contributed by atoms with van der Waals surface area (Å²) < 4.78 is 43.9. The Kier molecular flexibility index (Phi) is 9.55. The van der Waals surface area contributed by atoms with Crippen molar-refractivity contribution in [2.75, 3.05) is 38.3 Å². The number of nitrogens with zero attached hydrogens (tertiary/aromatic N) is 7. The topological polar surface area (TPSA) is 111 Å². The normalized spacial score (nSPS) is 26.0. The van der Waals surface area contributed by atoms with Crippen LogP contribution in [0.2, 0.25) is 0 Å². The minimum atomic E-state index is -1.28. The molecule has 14 heteroatoms.